The third-order valence-corrected chi connectivity index (χ3v) is 3.22. The molecule has 3 nitrogen and oxygen atoms in total. The van der Waals surface area contributed by atoms with Gasteiger partial charge in [0.05, 0.1) is 0 Å². The zero-order valence-corrected chi connectivity index (χ0v) is 11.7. The van der Waals surface area contributed by atoms with Crippen molar-refractivity contribution in [3.8, 4) is 0 Å². The number of nitrogens with two attached hydrogens (primary N) is 1. The van der Waals surface area contributed by atoms with Crippen LogP contribution in [0.3, 0.4) is 0 Å². The summed E-state index contributed by atoms with van der Waals surface area (Å²) in [5.74, 6) is 4.86. The van der Waals surface area contributed by atoms with Gasteiger partial charge in [-0.2, -0.15) is 11.4 Å². The summed E-state index contributed by atoms with van der Waals surface area (Å²) in [6, 6.07) is 0. The fourth-order valence-corrected chi connectivity index (χ4v) is 2.10. The van der Waals surface area contributed by atoms with Gasteiger partial charge in [-0.05, 0) is 6.42 Å². The summed E-state index contributed by atoms with van der Waals surface area (Å²) in [6.07, 6.45) is 16.5. The molecule has 0 amide bonds. The van der Waals surface area contributed by atoms with Gasteiger partial charge in [-0.25, -0.2) is 4.94 Å². The van der Waals surface area contributed by atoms with Crippen LogP contribution in [0.1, 0.15) is 84.0 Å². The van der Waals surface area contributed by atoms with Crippen LogP contribution in [-0.4, -0.2) is 6.54 Å². The molecule has 0 aliphatic rings. The fourth-order valence-electron chi connectivity index (χ4n) is 2.10. The molecule has 0 rings (SSSR count). The van der Waals surface area contributed by atoms with Crippen molar-refractivity contribution in [3.05, 3.63) is 0 Å². The SMILES string of the molecule is CCCCCCCCCCCCCCNON. The molecule has 0 bridgehead atoms. The summed E-state index contributed by atoms with van der Waals surface area (Å²) in [5.41, 5.74) is 2.66. The number of rotatable bonds is 14. The Kier molecular flexibility index (Phi) is 15.8. The second kappa shape index (κ2) is 15.9. The standard InChI is InChI=1S/C14H32N2O/c1-2-3-4-5-6-7-8-9-10-11-12-13-14-16-17-15/h16H,2-15H2,1H3. The van der Waals surface area contributed by atoms with Gasteiger partial charge in [-0.15, -0.1) is 0 Å². The Labute approximate surface area is 107 Å². The molecular formula is C14H32N2O. The Morgan fingerprint density at radius 2 is 1.12 bits per heavy atom. The zero-order chi connectivity index (χ0) is 12.6. The fraction of sp³-hybridized carbons (Fsp3) is 1.00. The minimum atomic E-state index is 0.869. The quantitative estimate of drug-likeness (QED) is 0.357. The van der Waals surface area contributed by atoms with Crippen molar-refractivity contribution >= 4 is 0 Å². The van der Waals surface area contributed by atoms with Gasteiger partial charge < -0.3 is 0 Å². The highest BCUT2D eigenvalue weighted by molar-refractivity contribution is 4.48. The van der Waals surface area contributed by atoms with Gasteiger partial charge in [-0.3, -0.25) is 0 Å². The van der Waals surface area contributed by atoms with Gasteiger partial charge in [0.2, 0.25) is 0 Å². The van der Waals surface area contributed by atoms with Crippen molar-refractivity contribution in [2.45, 2.75) is 84.0 Å². The van der Waals surface area contributed by atoms with E-state index >= 15 is 0 Å². The predicted octanol–water partition coefficient (Wildman–Crippen LogP) is 4.08. The average Bonchev–Trinajstić information content (AvgIpc) is 2.35. The first-order valence-corrected chi connectivity index (χ1v) is 7.50. The molecule has 0 unspecified atom stereocenters. The molecule has 0 aliphatic heterocycles. The van der Waals surface area contributed by atoms with E-state index in [2.05, 4.69) is 17.3 Å². The lowest BCUT2D eigenvalue weighted by Crippen LogP contribution is -2.19. The topological polar surface area (TPSA) is 47.3 Å². The Balaban J connectivity index is 2.85. The van der Waals surface area contributed by atoms with Crippen LogP contribution in [-0.2, 0) is 4.94 Å². The molecule has 0 fully saturated rings. The monoisotopic (exact) mass is 244 g/mol. The first kappa shape index (κ1) is 16.9. The van der Waals surface area contributed by atoms with Gasteiger partial charge in [0, 0.05) is 6.54 Å². The van der Waals surface area contributed by atoms with E-state index in [1.54, 1.807) is 0 Å². The highest BCUT2D eigenvalue weighted by Crippen LogP contribution is 2.11. The molecular weight excluding hydrogens is 212 g/mol. The number of hydroxylamine groups is 1. The maximum atomic E-state index is 4.86. The van der Waals surface area contributed by atoms with E-state index in [-0.39, 0.29) is 0 Å². The Bertz CT molecular complexity index is 117. The average molecular weight is 244 g/mol. The Hall–Kier alpha value is -0.120. The lowest BCUT2D eigenvalue weighted by atomic mass is 10.1. The molecule has 0 radical (unpaired) electrons. The summed E-state index contributed by atoms with van der Waals surface area (Å²) in [5, 5.41) is 0. The molecule has 0 saturated heterocycles. The van der Waals surface area contributed by atoms with Crippen LogP contribution in [0.5, 0.6) is 0 Å². The van der Waals surface area contributed by atoms with Crippen LogP contribution in [0, 0.1) is 0 Å². The van der Waals surface area contributed by atoms with Gasteiger partial charge in [-0.1, -0.05) is 77.6 Å². The van der Waals surface area contributed by atoms with Crippen LogP contribution in [0.2, 0.25) is 0 Å². The number of hydrogen-bond donors (Lipinski definition) is 2. The molecule has 0 aromatic heterocycles. The summed E-state index contributed by atoms with van der Waals surface area (Å²) in [7, 11) is 0. The highest BCUT2D eigenvalue weighted by Gasteiger charge is 1.93. The molecule has 0 saturated carbocycles. The van der Waals surface area contributed by atoms with Crippen LogP contribution in [0.15, 0.2) is 0 Å². The Morgan fingerprint density at radius 3 is 1.53 bits per heavy atom. The van der Waals surface area contributed by atoms with E-state index < -0.39 is 0 Å². The number of unbranched alkanes of at least 4 members (excludes halogenated alkanes) is 11. The lowest BCUT2D eigenvalue weighted by molar-refractivity contribution is 0.0400. The third-order valence-electron chi connectivity index (χ3n) is 3.22. The van der Waals surface area contributed by atoms with Gasteiger partial charge in [0.1, 0.15) is 0 Å². The van der Waals surface area contributed by atoms with Crippen molar-refractivity contribution < 1.29 is 4.94 Å². The van der Waals surface area contributed by atoms with Crippen molar-refractivity contribution in [1.82, 2.24) is 5.48 Å². The van der Waals surface area contributed by atoms with Gasteiger partial charge in [0.25, 0.3) is 0 Å². The summed E-state index contributed by atoms with van der Waals surface area (Å²) < 4.78 is 0. The lowest BCUT2D eigenvalue weighted by Gasteiger charge is -2.03. The van der Waals surface area contributed by atoms with Crippen LogP contribution in [0.4, 0.5) is 0 Å². The first-order chi connectivity index (χ1) is 8.41. The van der Waals surface area contributed by atoms with Crippen LogP contribution < -0.4 is 11.4 Å². The van der Waals surface area contributed by atoms with E-state index in [9.17, 15) is 0 Å². The predicted molar refractivity (Wildman–Crippen MR) is 74.4 cm³/mol. The molecule has 0 atom stereocenters. The van der Waals surface area contributed by atoms with Crippen LogP contribution in [0.25, 0.3) is 0 Å². The zero-order valence-electron chi connectivity index (χ0n) is 11.7. The largest absolute Gasteiger partial charge is 0.217 e. The number of nitrogens with one attached hydrogen (secondary N) is 1. The minimum absolute atomic E-state index is 0.869. The molecule has 17 heavy (non-hydrogen) atoms. The normalized spacial score (nSPS) is 10.9. The maximum Gasteiger partial charge on any atom is 0.0228 e. The molecule has 0 aliphatic carbocycles. The number of hydrogen-bond acceptors (Lipinski definition) is 3. The maximum absolute atomic E-state index is 4.86. The first-order valence-electron chi connectivity index (χ1n) is 7.50. The van der Waals surface area contributed by atoms with Crippen molar-refractivity contribution in [3.63, 3.8) is 0 Å². The van der Waals surface area contributed by atoms with E-state index in [4.69, 9.17) is 5.90 Å². The van der Waals surface area contributed by atoms with Gasteiger partial charge >= 0.3 is 0 Å². The summed E-state index contributed by atoms with van der Waals surface area (Å²) in [4.78, 5) is 4.29. The molecule has 104 valence electrons. The van der Waals surface area contributed by atoms with E-state index in [0.29, 0.717) is 0 Å². The second-order valence-electron chi connectivity index (χ2n) is 4.90. The molecule has 3 heteroatoms. The van der Waals surface area contributed by atoms with E-state index in [0.717, 1.165) is 13.0 Å². The third kappa shape index (κ3) is 15.9. The van der Waals surface area contributed by atoms with Crippen molar-refractivity contribution in [2.24, 2.45) is 5.90 Å². The van der Waals surface area contributed by atoms with Crippen LogP contribution >= 0.6 is 0 Å². The van der Waals surface area contributed by atoms with Crippen molar-refractivity contribution in [2.75, 3.05) is 6.54 Å². The molecule has 0 aromatic carbocycles. The smallest absolute Gasteiger partial charge is 0.0228 e. The van der Waals surface area contributed by atoms with Gasteiger partial charge in [0.15, 0.2) is 0 Å². The Morgan fingerprint density at radius 1 is 0.706 bits per heavy atom. The van der Waals surface area contributed by atoms with E-state index in [1.165, 1.54) is 70.6 Å². The van der Waals surface area contributed by atoms with E-state index in [1.807, 2.05) is 0 Å². The minimum Gasteiger partial charge on any atom is -0.217 e. The highest BCUT2D eigenvalue weighted by atomic mass is 16.8. The molecule has 0 heterocycles. The summed E-state index contributed by atoms with van der Waals surface area (Å²) >= 11 is 0. The summed E-state index contributed by atoms with van der Waals surface area (Å²) in [6.45, 7) is 3.14. The molecule has 0 spiro atoms. The molecule has 3 N–H and O–H groups in total. The second-order valence-corrected chi connectivity index (χ2v) is 4.90. The van der Waals surface area contributed by atoms with Crippen molar-refractivity contribution in [1.29, 1.82) is 0 Å². The molecule has 0 aromatic rings.